The van der Waals surface area contributed by atoms with Crippen LogP contribution in [0.4, 0.5) is 0 Å². The number of rotatable bonds is 7. The lowest BCUT2D eigenvalue weighted by molar-refractivity contribution is -0.315. The zero-order valence-electron chi connectivity index (χ0n) is 21.8. The molecule has 13 atom stereocenters. The Hall–Kier alpha value is -1.49. The lowest BCUT2D eigenvalue weighted by Gasteiger charge is -2.50. The molecule has 0 amide bonds. The van der Waals surface area contributed by atoms with Crippen molar-refractivity contribution >= 4 is 5.97 Å². The van der Waals surface area contributed by atoms with Gasteiger partial charge in [-0.15, -0.1) is 0 Å². The van der Waals surface area contributed by atoms with Crippen molar-refractivity contribution in [2.75, 3.05) is 26.4 Å². The molecule has 39 heavy (non-hydrogen) atoms. The van der Waals surface area contributed by atoms with Crippen molar-refractivity contribution in [1.29, 1.82) is 0 Å². The predicted octanol–water partition coefficient (Wildman–Crippen LogP) is -2.53. The van der Waals surface area contributed by atoms with Crippen LogP contribution in [0.3, 0.4) is 0 Å². The van der Waals surface area contributed by atoms with Crippen LogP contribution in [0.5, 0.6) is 0 Å². The fraction of sp³-hybridized carbons (Fsp3) is 0.808. The van der Waals surface area contributed by atoms with Crippen molar-refractivity contribution in [3.63, 3.8) is 0 Å². The van der Waals surface area contributed by atoms with Crippen molar-refractivity contribution in [2.45, 2.75) is 87.1 Å². The monoisotopic (exact) mass is 558 g/mol. The lowest BCUT2D eigenvalue weighted by atomic mass is 9.57. The summed E-state index contributed by atoms with van der Waals surface area (Å²) >= 11 is 0. The number of allylic oxidation sites excluding steroid dienone is 2. The summed E-state index contributed by atoms with van der Waals surface area (Å²) in [6.45, 7) is 1.91. The van der Waals surface area contributed by atoms with Crippen LogP contribution < -0.4 is 0 Å². The molecule has 5 aliphatic rings. The zero-order valence-corrected chi connectivity index (χ0v) is 21.8. The van der Waals surface area contributed by atoms with Gasteiger partial charge in [-0.05, 0) is 26.7 Å². The minimum atomic E-state index is -1.89. The standard InChI is InChI=1S/C26H38O13/c1-12-4-3-6-25(7-5-13-19(15(12)25)39-23(32)24(13,2)33)10-36-21-18(30)17(29)16(28)14(38-21)8-35-22-20(31)26(34,9-27)11-37-22/h3-4,6,13-22,27-31,33-34H,5,7-11H2,1-2H3/t13-,14-,15+,16-,17+,18-,19-,20+,21-,22-,24+,25-,26-/m1/s1. The van der Waals surface area contributed by atoms with Gasteiger partial charge in [-0.2, -0.15) is 0 Å². The number of fused-ring (bicyclic) bond motifs is 3. The SMILES string of the molecule is CC1=CC=C[C@]2(CO[C@@H]3O[C@H](CO[C@@H]4OC[C@](O)(CO)[C@H]4O)[C@@H](O)[C@H](O)[C@H]3O)CC[C@@H]3[C@@H](OC(=O)[C@@]3(C)O)[C@H]12. The summed E-state index contributed by atoms with van der Waals surface area (Å²) in [5.41, 5.74) is -3.17. The van der Waals surface area contributed by atoms with Gasteiger partial charge in [-0.3, -0.25) is 0 Å². The Morgan fingerprint density at radius 1 is 1.08 bits per heavy atom. The molecule has 0 aromatic carbocycles. The van der Waals surface area contributed by atoms with Gasteiger partial charge in [0, 0.05) is 17.3 Å². The van der Waals surface area contributed by atoms with Crippen LogP contribution in [0.25, 0.3) is 0 Å². The van der Waals surface area contributed by atoms with Gasteiger partial charge in [-0.1, -0.05) is 23.8 Å². The first kappa shape index (κ1) is 29.0. The average Bonchev–Trinajstić information content (AvgIpc) is 3.32. The Bertz CT molecular complexity index is 998. The van der Waals surface area contributed by atoms with Gasteiger partial charge in [-0.25, -0.2) is 4.79 Å². The number of hydrogen-bond donors (Lipinski definition) is 7. The minimum absolute atomic E-state index is 0.0222. The fourth-order valence-corrected chi connectivity index (χ4v) is 6.61. The first-order chi connectivity index (χ1) is 18.3. The molecule has 5 rings (SSSR count). The van der Waals surface area contributed by atoms with Gasteiger partial charge in [0.25, 0.3) is 0 Å². The molecular weight excluding hydrogens is 520 g/mol. The normalized spacial score (nSPS) is 51.3. The highest BCUT2D eigenvalue weighted by atomic mass is 16.7. The maximum absolute atomic E-state index is 12.4. The molecule has 220 valence electrons. The van der Waals surface area contributed by atoms with E-state index in [4.69, 9.17) is 23.7 Å². The molecule has 13 nitrogen and oxygen atoms in total. The van der Waals surface area contributed by atoms with E-state index in [2.05, 4.69) is 0 Å². The summed E-state index contributed by atoms with van der Waals surface area (Å²) in [6.07, 6.45) is -3.96. The Morgan fingerprint density at radius 3 is 2.51 bits per heavy atom. The summed E-state index contributed by atoms with van der Waals surface area (Å²) < 4.78 is 28.1. The van der Waals surface area contributed by atoms with Crippen LogP contribution >= 0.6 is 0 Å². The first-order valence-corrected chi connectivity index (χ1v) is 13.2. The zero-order chi connectivity index (χ0) is 28.3. The van der Waals surface area contributed by atoms with E-state index < -0.39 is 85.0 Å². The van der Waals surface area contributed by atoms with E-state index in [1.165, 1.54) is 6.92 Å². The van der Waals surface area contributed by atoms with E-state index in [9.17, 15) is 40.5 Å². The molecule has 0 spiro atoms. The van der Waals surface area contributed by atoms with E-state index in [1.807, 2.05) is 25.2 Å². The van der Waals surface area contributed by atoms with Crippen LogP contribution in [0.2, 0.25) is 0 Å². The molecule has 0 aromatic heterocycles. The topological polar surface area (TPSA) is 205 Å². The maximum atomic E-state index is 12.4. The molecule has 1 saturated carbocycles. The van der Waals surface area contributed by atoms with Crippen molar-refractivity contribution in [3.8, 4) is 0 Å². The summed E-state index contributed by atoms with van der Waals surface area (Å²) in [5.74, 6) is -1.33. The van der Waals surface area contributed by atoms with Gasteiger partial charge in [0.1, 0.15) is 42.2 Å². The highest BCUT2D eigenvalue weighted by Crippen LogP contribution is 2.56. The van der Waals surface area contributed by atoms with Gasteiger partial charge in [0.05, 0.1) is 26.4 Å². The number of carbonyl (C=O) groups is 1. The van der Waals surface area contributed by atoms with E-state index >= 15 is 0 Å². The molecular formula is C26H38O13. The third kappa shape index (κ3) is 4.77. The molecule has 2 aliphatic carbocycles. The Kier molecular flexibility index (Phi) is 7.74. The number of esters is 1. The van der Waals surface area contributed by atoms with Crippen molar-refractivity contribution in [3.05, 3.63) is 23.8 Å². The molecule has 0 aromatic rings. The third-order valence-electron chi connectivity index (χ3n) is 9.11. The van der Waals surface area contributed by atoms with Crippen molar-refractivity contribution in [2.24, 2.45) is 17.3 Å². The highest BCUT2D eigenvalue weighted by molar-refractivity contribution is 5.82. The van der Waals surface area contributed by atoms with E-state index in [0.717, 1.165) is 5.57 Å². The third-order valence-corrected chi connectivity index (χ3v) is 9.11. The predicted molar refractivity (Wildman–Crippen MR) is 128 cm³/mol. The van der Waals surface area contributed by atoms with Gasteiger partial charge in [0.2, 0.25) is 0 Å². The second-order valence-electron chi connectivity index (χ2n) is 11.7. The van der Waals surface area contributed by atoms with Gasteiger partial charge in [0.15, 0.2) is 18.2 Å². The Labute approximate surface area is 225 Å². The molecule has 0 bridgehead atoms. The van der Waals surface area contributed by atoms with Crippen LogP contribution in [-0.4, -0.2) is 129 Å². The van der Waals surface area contributed by atoms with E-state index in [0.29, 0.717) is 12.8 Å². The van der Waals surface area contributed by atoms with Crippen LogP contribution in [0.1, 0.15) is 26.7 Å². The number of ether oxygens (including phenoxy) is 5. The molecule has 3 aliphatic heterocycles. The average molecular weight is 559 g/mol. The number of aliphatic hydroxyl groups is 7. The maximum Gasteiger partial charge on any atom is 0.338 e. The smallest absolute Gasteiger partial charge is 0.338 e. The number of hydrogen-bond acceptors (Lipinski definition) is 13. The largest absolute Gasteiger partial charge is 0.459 e. The van der Waals surface area contributed by atoms with Crippen LogP contribution in [-0.2, 0) is 28.5 Å². The Morgan fingerprint density at radius 2 is 1.82 bits per heavy atom. The molecule has 13 heteroatoms. The van der Waals surface area contributed by atoms with Gasteiger partial charge < -0.3 is 59.4 Å². The molecule has 7 N–H and O–H groups in total. The highest BCUT2D eigenvalue weighted by Gasteiger charge is 2.62. The summed E-state index contributed by atoms with van der Waals surface area (Å²) in [7, 11) is 0. The molecule has 3 heterocycles. The van der Waals surface area contributed by atoms with E-state index in [1.54, 1.807) is 0 Å². The first-order valence-electron chi connectivity index (χ1n) is 13.2. The molecule has 0 radical (unpaired) electrons. The quantitative estimate of drug-likeness (QED) is 0.161. The molecule has 0 unspecified atom stereocenters. The van der Waals surface area contributed by atoms with Crippen LogP contribution in [0.15, 0.2) is 23.8 Å². The minimum Gasteiger partial charge on any atom is -0.459 e. The number of carbonyl (C=O) groups excluding carboxylic acids is 1. The Balaban J connectivity index is 1.27. The fourth-order valence-electron chi connectivity index (χ4n) is 6.61. The number of aliphatic hydroxyl groups excluding tert-OH is 5. The lowest BCUT2D eigenvalue weighted by Crippen LogP contribution is -2.60. The summed E-state index contributed by atoms with van der Waals surface area (Å²) in [4.78, 5) is 12.4. The van der Waals surface area contributed by atoms with E-state index in [-0.39, 0.29) is 25.0 Å². The van der Waals surface area contributed by atoms with Gasteiger partial charge >= 0.3 is 5.97 Å². The summed E-state index contributed by atoms with van der Waals surface area (Å²) in [6, 6.07) is 0. The second-order valence-corrected chi connectivity index (χ2v) is 11.7. The second kappa shape index (κ2) is 10.4. The van der Waals surface area contributed by atoms with Crippen LogP contribution in [0, 0.1) is 17.3 Å². The summed E-state index contributed by atoms with van der Waals surface area (Å²) in [5, 5.41) is 71.9. The van der Waals surface area contributed by atoms with Crippen molar-refractivity contribution < 1.29 is 64.2 Å². The molecule has 3 saturated heterocycles. The molecule has 4 fully saturated rings. The van der Waals surface area contributed by atoms with Crippen molar-refractivity contribution in [1.82, 2.24) is 0 Å².